The van der Waals surface area contributed by atoms with Crippen molar-refractivity contribution in [2.24, 2.45) is 5.10 Å². The molecule has 1 heterocycles. The van der Waals surface area contributed by atoms with E-state index in [1.807, 2.05) is 6.07 Å². The van der Waals surface area contributed by atoms with E-state index in [4.69, 9.17) is 4.74 Å². The van der Waals surface area contributed by atoms with E-state index in [2.05, 4.69) is 15.8 Å². The molecule has 88 valence electrons. The minimum absolute atomic E-state index is 0.160. The average Bonchev–Trinajstić information content (AvgIpc) is 2.33. The molecule has 0 fully saturated rings. The first-order valence-corrected chi connectivity index (χ1v) is 5.13. The lowest BCUT2D eigenvalue weighted by Crippen LogP contribution is -2.38. The molecule has 0 unspecified atom stereocenters. The molecule has 0 radical (unpaired) electrons. The van der Waals surface area contributed by atoms with Crippen molar-refractivity contribution in [1.82, 2.24) is 10.7 Å². The van der Waals surface area contributed by atoms with Crippen molar-refractivity contribution >= 4 is 17.8 Å². The molecule has 6 heteroatoms. The molecule has 1 aliphatic rings. The Kier molecular flexibility index (Phi) is 3.34. The van der Waals surface area contributed by atoms with Crippen LogP contribution in [0.25, 0.3) is 0 Å². The number of rotatable bonds is 1. The third kappa shape index (κ3) is 3.30. The fourth-order valence-electron chi connectivity index (χ4n) is 1.30. The molecule has 17 heavy (non-hydrogen) atoms. The van der Waals surface area contributed by atoms with E-state index in [0.29, 0.717) is 24.4 Å². The molecule has 0 saturated heterocycles. The zero-order chi connectivity index (χ0) is 12.1. The lowest BCUT2D eigenvalue weighted by molar-refractivity contribution is -0.121. The molecule has 0 atom stereocenters. The molecule has 2 N–H and O–H groups in total. The van der Waals surface area contributed by atoms with Crippen LogP contribution in [0.2, 0.25) is 0 Å². The minimum Gasteiger partial charge on any atom is -0.410 e. The van der Waals surface area contributed by atoms with Crippen LogP contribution < -0.4 is 15.5 Å². The zero-order valence-electron chi connectivity index (χ0n) is 8.97. The third-order valence-corrected chi connectivity index (χ3v) is 2.10. The highest BCUT2D eigenvalue weighted by molar-refractivity contribution is 5.99. The summed E-state index contributed by atoms with van der Waals surface area (Å²) in [5, 5.41) is 6.16. The Bertz CT molecular complexity index is 456. The van der Waals surface area contributed by atoms with Gasteiger partial charge in [0.05, 0.1) is 0 Å². The SMILES string of the molecule is O=C1CCC(NC(=O)Oc2ccccc2)=NN1. The fourth-order valence-corrected chi connectivity index (χ4v) is 1.30. The Morgan fingerprint density at radius 3 is 2.71 bits per heavy atom. The smallest absolute Gasteiger partial charge is 0.410 e. The zero-order valence-corrected chi connectivity index (χ0v) is 8.97. The molecule has 1 aromatic rings. The lowest BCUT2D eigenvalue weighted by atomic mass is 10.2. The first-order chi connectivity index (χ1) is 8.24. The summed E-state index contributed by atoms with van der Waals surface area (Å²) < 4.78 is 5.00. The molecule has 0 saturated carbocycles. The van der Waals surface area contributed by atoms with Gasteiger partial charge >= 0.3 is 6.09 Å². The normalized spacial score (nSPS) is 14.6. The predicted molar refractivity (Wildman–Crippen MR) is 60.4 cm³/mol. The Morgan fingerprint density at radius 1 is 1.29 bits per heavy atom. The molecule has 2 amide bonds. The summed E-state index contributed by atoms with van der Waals surface area (Å²) in [7, 11) is 0. The van der Waals surface area contributed by atoms with Crippen molar-refractivity contribution < 1.29 is 14.3 Å². The van der Waals surface area contributed by atoms with E-state index in [1.54, 1.807) is 24.3 Å². The topological polar surface area (TPSA) is 79.8 Å². The van der Waals surface area contributed by atoms with Crippen molar-refractivity contribution in [2.75, 3.05) is 0 Å². The van der Waals surface area contributed by atoms with Gasteiger partial charge in [-0.15, -0.1) is 0 Å². The maximum absolute atomic E-state index is 11.4. The van der Waals surface area contributed by atoms with E-state index in [-0.39, 0.29) is 5.91 Å². The van der Waals surface area contributed by atoms with Gasteiger partial charge < -0.3 is 4.74 Å². The van der Waals surface area contributed by atoms with Crippen LogP contribution in [0, 0.1) is 0 Å². The molecule has 0 aliphatic carbocycles. The van der Waals surface area contributed by atoms with Crippen LogP contribution in [0.1, 0.15) is 12.8 Å². The molecular weight excluding hydrogens is 222 g/mol. The summed E-state index contributed by atoms with van der Waals surface area (Å²) >= 11 is 0. The van der Waals surface area contributed by atoms with Crippen molar-refractivity contribution in [3.05, 3.63) is 30.3 Å². The Balaban J connectivity index is 1.88. The van der Waals surface area contributed by atoms with Crippen LogP contribution in [-0.2, 0) is 4.79 Å². The van der Waals surface area contributed by atoms with Crippen molar-refractivity contribution in [1.29, 1.82) is 0 Å². The number of nitrogens with one attached hydrogen (secondary N) is 2. The summed E-state index contributed by atoms with van der Waals surface area (Å²) in [6.07, 6.45) is 0.0892. The molecule has 2 rings (SSSR count). The summed E-state index contributed by atoms with van der Waals surface area (Å²) in [4.78, 5) is 22.3. The van der Waals surface area contributed by atoms with Gasteiger partial charge in [-0.2, -0.15) is 5.10 Å². The highest BCUT2D eigenvalue weighted by Crippen LogP contribution is 2.08. The maximum Gasteiger partial charge on any atom is 0.418 e. The standard InChI is InChI=1S/C11H11N3O3/c15-10-7-6-9(13-14-10)12-11(16)17-8-4-2-1-3-5-8/h1-5H,6-7H2,(H,14,15)(H,12,13,16). The molecule has 6 nitrogen and oxygen atoms in total. The van der Waals surface area contributed by atoms with Gasteiger partial charge in [0.15, 0.2) is 0 Å². The summed E-state index contributed by atoms with van der Waals surface area (Å²) in [5.74, 6) is 0.683. The summed E-state index contributed by atoms with van der Waals surface area (Å²) in [5.41, 5.74) is 2.28. The van der Waals surface area contributed by atoms with Gasteiger partial charge in [-0.25, -0.2) is 10.2 Å². The van der Waals surface area contributed by atoms with Crippen molar-refractivity contribution in [3.8, 4) is 5.75 Å². The Hall–Kier alpha value is -2.37. The summed E-state index contributed by atoms with van der Waals surface area (Å²) in [6.45, 7) is 0. The highest BCUT2D eigenvalue weighted by Gasteiger charge is 2.14. The monoisotopic (exact) mass is 233 g/mol. The first-order valence-electron chi connectivity index (χ1n) is 5.13. The van der Waals surface area contributed by atoms with E-state index in [9.17, 15) is 9.59 Å². The lowest BCUT2D eigenvalue weighted by Gasteiger charge is -2.12. The van der Waals surface area contributed by atoms with E-state index in [1.165, 1.54) is 0 Å². The molecule has 0 bridgehead atoms. The number of carbonyl (C=O) groups is 2. The molecule has 0 spiro atoms. The molecule has 0 aromatic heterocycles. The van der Waals surface area contributed by atoms with Crippen molar-refractivity contribution in [2.45, 2.75) is 12.8 Å². The van der Waals surface area contributed by atoms with Gasteiger partial charge in [-0.05, 0) is 12.1 Å². The Morgan fingerprint density at radius 2 is 2.06 bits per heavy atom. The van der Waals surface area contributed by atoms with E-state index in [0.717, 1.165) is 0 Å². The number of amidine groups is 1. The number of benzene rings is 1. The quantitative estimate of drug-likeness (QED) is 0.759. The predicted octanol–water partition coefficient (Wildman–Crippen LogP) is 0.998. The Labute approximate surface area is 97.7 Å². The van der Waals surface area contributed by atoms with Crippen LogP contribution in [0.15, 0.2) is 35.4 Å². The number of hydrazone groups is 1. The number of hydrogen-bond donors (Lipinski definition) is 2. The van der Waals surface area contributed by atoms with Gasteiger partial charge in [0.1, 0.15) is 11.6 Å². The number of amides is 2. The third-order valence-electron chi connectivity index (χ3n) is 2.10. The van der Waals surface area contributed by atoms with Gasteiger partial charge in [0.2, 0.25) is 5.91 Å². The van der Waals surface area contributed by atoms with E-state index < -0.39 is 6.09 Å². The molecule has 1 aromatic carbocycles. The largest absolute Gasteiger partial charge is 0.418 e. The number of ether oxygens (including phenoxy) is 1. The van der Waals surface area contributed by atoms with Crippen LogP contribution >= 0.6 is 0 Å². The van der Waals surface area contributed by atoms with Crippen LogP contribution in [0.4, 0.5) is 4.79 Å². The van der Waals surface area contributed by atoms with E-state index >= 15 is 0 Å². The second kappa shape index (κ2) is 5.11. The van der Waals surface area contributed by atoms with Gasteiger partial charge in [-0.1, -0.05) is 18.2 Å². The second-order valence-electron chi connectivity index (χ2n) is 3.42. The number of carbonyl (C=O) groups excluding carboxylic acids is 2. The average molecular weight is 233 g/mol. The van der Waals surface area contributed by atoms with Gasteiger partial charge in [-0.3, -0.25) is 10.1 Å². The number of para-hydroxylation sites is 1. The minimum atomic E-state index is -0.619. The van der Waals surface area contributed by atoms with Crippen LogP contribution in [-0.4, -0.2) is 17.8 Å². The van der Waals surface area contributed by atoms with Crippen LogP contribution in [0.5, 0.6) is 5.75 Å². The van der Waals surface area contributed by atoms with Gasteiger partial charge in [0, 0.05) is 12.8 Å². The number of hydrogen-bond acceptors (Lipinski definition) is 4. The van der Waals surface area contributed by atoms with Crippen LogP contribution in [0.3, 0.4) is 0 Å². The molecule has 1 aliphatic heterocycles. The highest BCUT2D eigenvalue weighted by atomic mass is 16.6. The van der Waals surface area contributed by atoms with Gasteiger partial charge in [0.25, 0.3) is 0 Å². The second-order valence-corrected chi connectivity index (χ2v) is 3.42. The molecular formula is C11H11N3O3. The fraction of sp³-hybridized carbons (Fsp3) is 0.182. The summed E-state index contributed by atoms with van der Waals surface area (Å²) in [6, 6.07) is 8.70. The maximum atomic E-state index is 11.4. The first kappa shape index (κ1) is 11.1. The van der Waals surface area contributed by atoms with Crippen molar-refractivity contribution in [3.63, 3.8) is 0 Å². The number of nitrogens with zero attached hydrogens (tertiary/aromatic N) is 1.